The SMILES string of the molecule is O=C(O)c1cccc2ccccc12.[Ce].[NaH]. The van der Waals surface area contributed by atoms with Crippen LogP contribution in [0, 0.1) is 41.7 Å². The van der Waals surface area contributed by atoms with Gasteiger partial charge >= 0.3 is 35.5 Å². The first-order chi connectivity index (χ1) is 6.29. The molecule has 0 bridgehead atoms. The van der Waals surface area contributed by atoms with Gasteiger partial charge in [0.1, 0.15) is 0 Å². The first-order valence-electron chi connectivity index (χ1n) is 4.00. The third-order valence-corrected chi connectivity index (χ3v) is 2.02. The van der Waals surface area contributed by atoms with Gasteiger partial charge in [0.25, 0.3) is 0 Å². The number of carboxylic acid groups (broad SMARTS) is 1. The second-order valence-electron chi connectivity index (χ2n) is 2.83. The van der Waals surface area contributed by atoms with Crippen LogP contribution < -0.4 is 0 Å². The molecule has 0 heterocycles. The molecule has 0 atom stereocenters. The molecule has 0 aromatic heterocycles. The zero-order chi connectivity index (χ0) is 9.26. The predicted molar refractivity (Wildman–Crippen MR) is 58.1 cm³/mol. The molecule has 70 valence electrons. The molecular formula is C11H9CeNaO2. The second-order valence-corrected chi connectivity index (χ2v) is 2.83. The molecule has 1 N–H and O–H groups in total. The molecule has 0 saturated carbocycles. The summed E-state index contributed by atoms with van der Waals surface area (Å²) >= 11 is 0. The normalized spacial score (nSPS) is 8.80. The molecule has 4 heteroatoms. The van der Waals surface area contributed by atoms with E-state index in [0.717, 1.165) is 10.8 Å². The van der Waals surface area contributed by atoms with E-state index in [4.69, 9.17) is 5.11 Å². The van der Waals surface area contributed by atoms with E-state index in [1.54, 1.807) is 12.1 Å². The van der Waals surface area contributed by atoms with E-state index in [-0.39, 0.29) is 71.3 Å². The Morgan fingerprint density at radius 2 is 1.60 bits per heavy atom. The Kier molecular flexibility index (Phi) is 7.24. The van der Waals surface area contributed by atoms with Crippen LogP contribution in [-0.2, 0) is 0 Å². The van der Waals surface area contributed by atoms with Crippen molar-refractivity contribution in [2.75, 3.05) is 0 Å². The fourth-order valence-corrected chi connectivity index (χ4v) is 1.41. The summed E-state index contributed by atoms with van der Waals surface area (Å²) in [5.74, 6) is -0.878. The van der Waals surface area contributed by atoms with Crippen LogP contribution in [0.15, 0.2) is 42.5 Å². The van der Waals surface area contributed by atoms with E-state index in [2.05, 4.69) is 0 Å². The van der Waals surface area contributed by atoms with Gasteiger partial charge < -0.3 is 5.11 Å². The number of hydrogen-bond acceptors (Lipinski definition) is 1. The van der Waals surface area contributed by atoms with Gasteiger partial charge in [0.2, 0.25) is 0 Å². The van der Waals surface area contributed by atoms with Crippen molar-refractivity contribution in [3.8, 4) is 0 Å². The monoisotopic (exact) mass is 336 g/mol. The molecule has 15 heavy (non-hydrogen) atoms. The fraction of sp³-hybridized carbons (Fsp3) is 0. The van der Waals surface area contributed by atoms with E-state index in [1.165, 1.54) is 0 Å². The van der Waals surface area contributed by atoms with Gasteiger partial charge in [-0.3, -0.25) is 0 Å². The van der Waals surface area contributed by atoms with Crippen LogP contribution in [0.4, 0.5) is 0 Å². The second kappa shape index (κ2) is 6.99. The minimum atomic E-state index is -0.878. The van der Waals surface area contributed by atoms with Crippen LogP contribution in [0.3, 0.4) is 0 Å². The summed E-state index contributed by atoms with van der Waals surface area (Å²) in [5, 5.41) is 10.6. The third kappa shape index (κ3) is 3.51. The van der Waals surface area contributed by atoms with Gasteiger partial charge in [-0.05, 0) is 16.8 Å². The topological polar surface area (TPSA) is 37.3 Å². The van der Waals surface area contributed by atoms with Crippen molar-refractivity contribution in [1.82, 2.24) is 0 Å². The van der Waals surface area contributed by atoms with Crippen LogP contribution in [0.1, 0.15) is 10.4 Å². The van der Waals surface area contributed by atoms with E-state index >= 15 is 0 Å². The number of aromatic carboxylic acids is 1. The molecule has 0 aliphatic heterocycles. The summed E-state index contributed by atoms with van der Waals surface area (Å²) < 4.78 is 0. The minimum absolute atomic E-state index is 0. The fourth-order valence-electron chi connectivity index (χ4n) is 1.41. The Morgan fingerprint density at radius 1 is 1.00 bits per heavy atom. The molecule has 0 aliphatic rings. The summed E-state index contributed by atoms with van der Waals surface area (Å²) in [6.45, 7) is 0. The molecule has 0 spiro atoms. The molecule has 0 saturated heterocycles. The molecule has 0 unspecified atom stereocenters. The van der Waals surface area contributed by atoms with Crippen LogP contribution in [0.5, 0.6) is 0 Å². The van der Waals surface area contributed by atoms with Gasteiger partial charge in [-0.15, -0.1) is 0 Å². The maximum absolute atomic E-state index is 10.8. The van der Waals surface area contributed by atoms with Crippen molar-refractivity contribution in [1.29, 1.82) is 0 Å². The van der Waals surface area contributed by atoms with Crippen molar-refractivity contribution < 1.29 is 51.6 Å². The van der Waals surface area contributed by atoms with Crippen molar-refractivity contribution in [3.63, 3.8) is 0 Å². The number of carboxylic acids is 1. The van der Waals surface area contributed by atoms with Gasteiger partial charge in [-0.1, -0.05) is 36.4 Å². The van der Waals surface area contributed by atoms with Gasteiger partial charge in [0.05, 0.1) is 5.56 Å². The standard InChI is InChI=1S/C11H8O2.Ce.Na.H/c12-11(13)10-7-3-5-8-4-1-2-6-9(8)10;;;/h1-7H,(H,12,13);;;. The number of hydrogen-bond donors (Lipinski definition) is 1. The van der Waals surface area contributed by atoms with Crippen LogP contribution in [0.25, 0.3) is 10.8 Å². The Morgan fingerprint density at radius 3 is 2.27 bits per heavy atom. The number of benzene rings is 2. The number of carbonyl (C=O) groups is 1. The van der Waals surface area contributed by atoms with E-state index in [9.17, 15) is 4.79 Å². The van der Waals surface area contributed by atoms with Crippen molar-refractivity contribution in [3.05, 3.63) is 48.0 Å². The summed E-state index contributed by atoms with van der Waals surface area (Å²) in [6.07, 6.45) is 0. The summed E-state index contributed by atoms with van der Waals surface area (Å²) in [6, 6.07) is 12.7. The van der Waals surface area contributed by atoms with E-state index < -0.39 is 5.97 Å². The average molecular weight is 336 g/mol. The molecule has 0 radical (unpaired) electrons. The maximum atomic E-state index is 10.8. The van der Waals surface area contributed by atoms with Gasteiger partial charge in [-0.25, -0.2) is 4.79 Å². The molecular weight excluding hydrogens is 327 g/mol. The quantitative estimate of drug-likeness (QED) is 0.808. The van der Waals surface area contributed by atoms with Gasteiger partial charge in [0, 0.05) is 41.7 Å². The van der Waals surface area contributed by atoms with Crippen LogP contribution in [-0.4, -0.2) is 40.6 Å². The van der Waals surface area contributed by atoms with Gasteiger partial charge in [0.15, 0.2) is 0 Å². The molecule has 0 amide bonds. The average Bonchev–Trinajstić information content (AvgIpc) is 2.17. The van der Waals surface area contributed by atoms with E-state index in [1.807, 2.05) is 30.3 Å². The Hall–Kier alpha value is 0.547. The summed E-state index contributed by atoms with van der Waals surface area (Å²) in [5.41, 5.74) is 0.359. The summed E-state index contributed by atoms with van der Waals surface area (Å²) in [7, 11) is 0. The Balaban J connectivity index is 0.000000980. The molecule has 0 aliphatic carbocycles. The number of rotatable bonds is 1. The molecule has 2 rings (SSSR count). The Labute approximate surface area is 144 Å². The molecule has 2 aromatic rings. The summed E-state index contributed by atoms with van der Waals surface area (Å²) in [4.78, 5) is 10.8. The zero-order valence-corrected chi connectivity index (χ0v) is 10.5. The molecule has 2 nitrogen and oxygen atoms in total. The number of fused-ring (bicyclic) bond motifs is 1. The predicted octanol–water partition coefficient (Wildman–Crippen LogP) is 1.89. The van der Waals surface area contributed by atoms with Crippen molar-refractivity contribution in [2.45, 2.75) is 0 Å². The molecule has 2 aromatic carbocycles. The zero-order valence-electron chi connectivity index (χ0n) is 7.40. The first-order valence-corrected chi connectivity index (χ1v) is 4.00. The van der Waals surface area contributed by atoms with Crippen molar-refractivity contribution in [2.24, 2.45) is 0 Å². The van der Waals surface area contributed by atoms with Crippen LogP contribution in [0.2, 0.25) is 0 Å². The van der Waals surface area contributed by atoms with Crippen molar-refractivity contribution >= 4 is 46.3 Å². The molecule has 0 fully saturated rings. The third-order valence-electron chi connectivity index (χ3n) is 2.02. The van der Waals surface area contributed by atoms with Gasteiger partial charge in [-0.2, -0.15) is 0 Å². The first kappa shape index (κ1) is 15.5. The Bertz CT molecular complexity index is 466. The van der Waals surface area contributed by atoms with E-state index in [0.29, 0.717) is 5.56 Å². The van der Waals surface area contributed by atoms with Crippen LogP contribution >= 0.6 is 0 Å².